The van der Waals surface area contributed by atoms with Crippen LogP contribution in [0.15, 0.2) is 195 Å². The molecule has 54 heavy (non-hydrogen) atoms. The highest BCUT2D eigenvalue weighted by atomic mass is 14.8. The lowest BCUT2D eigenvalue weighted by Crippen LogP contribution is -1.94. The summed E-state index contributed by atoms with van der Waals surface area (Å²) in [5, 5.41) is 0. The van der Waals surface area contributed by atoms with Crippen LogP contribution in [0.25, 0.3) is 90.1 Å². The van der Waals surface area contributed by atoms with Gasteiger partial charge >= 0.3 is 0 Å². The summed E-state index contributed by atoms with van der Waals surface area (Å²) in [7, 11) is 0. The van der Waals surface area contributed by atoms with Crippen LogP contribution in [0.3, 0.4) is 0 Å². The van der Waals surface area contributed by atoms with Gasteiger partial charge in [-0.25, -0.2) is 15.0 Å². The van der Waals surface area contributed by atoms with E-state index in [0.29, 0.717) is 0 Å². The number of benzene rings is 3. The fraction of sp³-hybridized carbons (Fsp3) is 0. The standard InChI is InChI=1S/C48H32N6/c1-3-25-50-43(18-1)45-22-8-20-41(52-45)35-13-6-15-37(28-35)47-30-40(34-12-5-11-33(27-34)39-17-10-24-49-32-39)31-48(54-47)38-16-7-14-36(29-38)42-21-9-23-46(53-42)44-19-2-4-26-51-44/h1-32H. The van der Waals surface area contributed by atoms with Crippen molar-refractivity contribution >= 4 is 0 Å². The Hall–Kier alpha value is -7.44. The number of aromatic nitrogens is 6. The SMILES string of the molecule is c1ccc(-c2cccc(-c3cccc(-c4cc(-c5cccc(-c6cccnc6)c5)cc(-c5cccc(-c6cccc(-c7ccccn7)n6)c5)n4)c3)n2)nc1. The molecule has 0 saturated heterocycles. The second kappa shape index (κ2) is 14.7. The molecule has 6 heteroatoms. The van der Waals surface area contributed by atoms with E-state index in [1.807, 2.05) is 85.1 Å². The molecule has 0 bridgehead atoms. The Labute approximate surface area is 313 Å². The van der Waals surface area contributed by atoms with Gasteiger partial charge in [-0.3, -0.25) is 15.0 Å². The van der Waals surface area contributed by atoms with E-state index in [1.54, 1.807) is 18.6 Å². The van der Waals surface area contributed by atoms with Gasteiger partial charge in [-0.15, -0.1) is 0 Å². The monoisotopic (exact) mass is 692 g/mol. The predicted octanol–water partition coefficient (Wildman–Crippen LogP) is 11.4. The first-order valence-corrected chi connectivity index (χ1v) is 17.7. The summed E-state index contributed by atoms with van der Waals surface area (Å²) in [6.45, 7) is 0. The van der Waals surface area contributed by atoms with Crippen molar-refractivity contribution < 1.29 is 0 Å². The number of nitrogens with zero attached hydrogens (tertiary/aromatic N) is 6. The van der Waals surface area contributed by atoms with Gasteiger partial charge in [0.1, 0.15) is 0 Å². The highest BCUT2D eigenvalue weighted by molar-refractivity contribution is 5.81. The fourth-order valence-electron chi connectivity index (χ4n) is 6.59. The van der Waals surface area contributed by atoms with Crippen LogP contribution in [0, 0.1) is 0 Å². The molecular formula is C48H32N6. The maximum Gasteiger partial charge on any atom is 0.0893 e. The van der Waals surface area contributed by atoms with Gasteiger partial charge in [0.25, 0.3) is 0 Å². The molecule has 9 aromatic rings. The summed E-state index contributed by atoms with van der Waals surface area (Å²) < 4.78 is 0. The van der Waals surface area contributed by atoms with Gasteiger partial charge < -0.3 is 0 Å². The molecule has 6 nitrogen and oxygen atoms in total. The first kappa shape index (κ1) is 32.5. The molecule has 6 aromatic heterocycles. The van der Waals surface area contributed by atoms with Crippen molar-refractivity contribution in [2.45, 2.75) is 0 Å². The van der Waals surface area contributed by atoms with Gasteiger partial charge in [0, 0.05) is 52.6 Å². The van der Waals surface area contributed by atoms with Crippen molar-refractivity contribution in [1.82, 2.24) is 29.9 Å². The van der Waals surface area contributed by atoms with E-state index in [-0.39, 0.29) is 0 Å². The molecule has 0 aliphatic rings. The van der Waals surface area contributed by atoms with Gasteiger partial charge in [-0.05, 0) is 102 Å². The van der Waals surface area contributed by atoms with E-state index >= 15 is 0 Å². The zero-order valence-corrected chi connectivity index (χ0v) is 29.2. The quantitative estimate of drug-likeness (QED) is 0.158. The zero-order valence-electron chi connectivity index (χ0n) is 29.2. The second-order valence-corrected chi connectivity index (χ2v) is 12.9. The highest BCUT2D eigenvalue weighted by Gasteiger charge is 2.13. The van der Waals surface area contributed by atoms with Gasteiger partial charge in [0.2, 0.25) is 0 Å². The van der Waals surface area contributed by atoms with Gasteiger partial charge in [0.05, 0.1) is 45.6 Å². The number of pyridine rings is 6. The average Bonchev–Trinajstić information content (AvgIpc) is 3.27. The third kappa shape index (κ3) is 6.92. The molecule has 0 aliphatic heterocycles. The number of hydrogen-bond acceptors (Lipinski definition) is 6. The van der Waals surface area contributed by atoms with Crippen molar-refractivity contribution in [1.29, 1.82) is 0 Å². The Bertz CT molecular complexity index is 2570. The summed E-state index contributed by atoms with van der Waals surface area (Å²) in [4.78, 5) is 28.7. The molecule has 0 unspecified atom stereocenters. The van der Waals surface area contributed by atoms with Gasteiger partial charge in [0.15, 0.2) is 0 Å². The van der Waals surface area contributed by atoms with Crippen molar-refractivity contribution in [2.24, 2.45) is 0 Å². The van der Waals surface area contributed by atoms with E-state index in [2.05, 4.69) is 106 Å². The van der Waals surface area contributed by atoms with Crippen LogP contribution >= 0.6 is 0 Å². The smallest absolute Gasteiger partial charge is 0.0893 e. The summed E-state index contributed by atoms with van der Waals surface area (Å²) in [5.41, 5.74) is 15.1. The molecule has 0 aliphatic carbocycles. The van der Waals surface area contributed by atoms with Crippen molar-refractivity contribution in [3.63, 3.8) is 0 Å². The molecule has 9 rings (SSSR count). The van der Waals surface area contributed by atoms with Crippen LogP contribution in [0.5, 0.6) is 0 Å². The van der Waals surface area contributed by atoms with Crippen molar-refractivity contribution in [3.05, 3.63) is 195 Å². The minimum absolute atomic E-state index is 0.828. The molecule has 3 aromatic carbocycles. The number of hydrogen-bond donors (Lipinski definition) is 0. The Morgan fingerprint density at radius 1 is 0.241 bits per heavy atom. The second-order valence-electron chi connectivity index (χ2n) is 12.9. The highest BCUT2D eigenvalue weighted by Crippen LogP contribution is 2.35. The molecule has 0 amide bonds. The normalized spacial score (nSPS) is 11.0. The van der Waals surface area contributed by atoms with Crippen molar-refractivity contribution in [3.8, 4) is 90.1 Å². The van der Waals surface area contributed by atoms with Crippen LogP contribution in [0.4, 0.5) is 0 Å². The Balaban J connectivity index is 1.15. The third-order valence-electron chi connectivity index (χ3n) is 9.28. The van der Waals surface area contributed by atoms with Crippen LogP contribution in [-0.4, -0.2) is 29.9 Å². The summed E-state index contributed by atoms with van der Waals surface area (Å²) in [5.74, 6) is 0. The van der Waals surface area contributed by atoms with Crippen LogP contribution in [-0.2, 0) is 0 Å². The Morgan fingerprint density at radius 3 is 1.15 bits per heavy atom. The molecule has 0 spiro atoms. The maximum atomic E-state index is 5.31. The van der Waals surface area contributed by atoms with Gasteiger partial charge in [-0.2, -0.15) is 0 Å². The lowest BCUT2D eigenvalue weighted by atomic mass is 9.96. The van der Waals surface area contributed by atoms with Crippen LogP contribution in [0.1, 0.15) is 0 Å². The fourth-order valence-corrected chi connectivity index (χ4v) is 6.59. The van der Waals surface area contributed by atoms with Gasteiger partial charge in [-0.1, -0.05) is 84.9 Å². The third-order valence-corrected chi connectivity index (χ3v) is 9.28. The molecule has 6 heterocycles. The topological polar surface area (TPSA) is 77.3 Å². The van der Waals surface area contributed by atoms with E-state index in [9.17, 15) is 0 Å². The minimum Gasteiger partial charge on any atom is -0.264 e. The first-order valence-electron chi connectivity index (χ1n) is 17.7. The number of rotatable bonds is 8. The van der Waals surface area contributed by atoms with E-state index in [1.165, 1.54) is 0 Å². The summed E-state index contributed by atoms with van der Waals surface area (Å²) >= 11 is 0. The molecular weight excluding hydrogens is 661 g/mol. The molecule has 0 fully saturated rings. The lowest BCUT2D eigenvalue weighted by molar-refractivity contribution is 1.25. The van der Waals surface area contributed by atoms with Crippen LogP contribution in [0.2, 0.25) is 0 Å². The maximum absolute atomic E-state index is 5.31. The molecule has 0 atom stereocenters. The zero-order chi connectivity index (χ0) is 36.1. The first-order chi connectivity index (χ1) is 26.7. The summed E-state index contributed by atoms with van der Waals surface area (Å²) in [6.07, 6.45) is 7.27. The van der Waals surface area contributed by atoms with E-state index < -0.39 is 0 Å². The van der Waals surface area contributed by atoms with Crippen molar-refractivity contribution in [2.75, 3.05) is 0 Å². The molecule has 254 valence electrons. The summed E-state index contributed by atoms with van der Waals surface area (Å²) in [6, 6.07) is 57.7. The molecule has 0 radical (unpaired) electrons. The van der Waals surface area contributed by atoms with E-state index in [0.717, 1.165) is 90.1 Å². The predicted molar refractivity (Wildman–Crippen MR) is 217 cm³/mol. The largest absolute Gasteiger partial charge is 0.264 e. The average molecular weight is 693 g/mol. The molecule has 0 saturated carbocycles. The van der Waals surface area contributed by atoms with Crippen LogP contribution < -0.4 is 0 Å². The Kier molecular flexibility index (Phi) is 8.81. The molecule has 0 N–H and O–H groups in total. The lowest BCUT2D eigenvalue weighted by Gasteiger charge is -2.13. The minimum atomic E-state index is 0.828. The van der Waals surface area contributed by atoms with E-state index in [4.69, 9.17) is 15.0 Å². The Morgan fingerprint density at radius 2 is 0.648 bits per heavy atom.